The number of aliphatic hydroxyl groups excluding tert-OH is 1. The molecule has 36 heavy (non-hydrogen) atoms. The van der Waals surface area contributed by atoms with Gasteiger partial charge in [-0.2, -0.15) is 4.98 Å². The molecule has 184 valence electrons. The van der Waals surface area contributed by atoms with E-state index in [1.807, 2.05) is 23.6 Å². The molecule has 3 aromatic heterocycles. The number of fused-ring (bicyclic) bond motifs is 1. The Kier molecular flexibility index (Phi) is 5.42. The summed E-state index contributed by atoms with van der Waals surface area (Å²) in [5.41, 5.74) is 4.02. The van der Waals surface area contributed by atoms with Crippen molar-refractivity contribution in [1.29, 1.82) is 0 Å². The van der Waals surface area contributed by atoms with Crippen LogP contribution in [0.25, 0.3) is 22.6 Å². The molecule has 1 amide bonds. The van der Waals surface area contributed by atoms with Gasteiger partial charge in [-0.25, -0.2) is 9.97 Å². The monoisotopic (exact) mass is 504 g/mol. The fourth-order valence-corrected chi connectivity index (χ4v) is 4.60. The van der Waals surface area contributed by atoms with Crippen LogP contribution in [-0.2, 0) is 6.54 Å². The Bertz CT molecular complexity index is 1490. The molecule has 4 aromatic rings. The lowest BCUT2D eigenvalue weighted by Gasteiger charge is -2.35. The first-order valence-corrected chi connectivity index (χ1v) is 12.3. The standard InChI is InChI=1S/C26H25ClN6O3/c1-15-5-8-28-17(9-15)11-33-22(31-21-23(33)29-14-30-24(21)36-26(2)6-7-26)19-4-3-16(10-20(19)27)25(35)32-12-18(34)13-32/h3-5,8-10,14,18,34H,6-7,11-13H2,1-2H3. The Balaban J connectivity index is 1.45. The number of imidazole rings is 1. The molecule has 1 aromatic carbocycles. The summed E-state index contributed by atoms with van der Waals surface area (Å²) >= 11 is 6.73. The Hall–Kier alpha value is -3.56. The van der Waals surface area contributed by atoms with Crippen molar-refractivity contribution in [2.24, 2.45) is 0 Å². The highest BCUT2D eigenvalue weighted by Crippen LogP contribution is 2.41. The van der Waals surface area contributed by atoms with Crippen LogP contribution in [-0.4, -0.2) is 65.2 Å². The van der Waals surface area contributed by atoms with E-state index in [0.29, 0.717) is 58.7 Å². The van der Waals surface area contributed by atoms with E-state index < -0.39 is 6.10 Å². The van der Waals surface area contributed by atoms with Crippen molar-refractivity contribution in [3.8, 4) is 17.3 Å². The number of halogens is 1. The maximum Gasteiger partial charge on any atom is 0.254 e. The second-order valence-electron chi connectivity index (χ2n) is 9.81. The van der Waals surface area contributed by atoms with Gasteiger partial charge in [0.05, 0.1) is 23.4 Å². The highest BCUT2D eigenvalue weighted by Gasteiger charge is 2.41. The van der Waals surface area contributed by atoms with Crippen LogP contribution in [0.3, 0.4) is 0 Å². The number of likely N-dealkylation sites (tertiary alicyclic amines) is 1. The molecule has 0 bridgehead atoms. The number of amides is 1. The summed E-state index contributed by atoms with van der Waals surface area (Å²) in [5.74, 6) is 0.866. The summed E-state index contributed by atoms with van der Waals surface area (Å²) in [6.45, 7) is 5.16. The fraction of sp³-hybridized carbons (Fsp3) is 0.346. The highest BCUT2D eigenvalue weighted by molar-refractivity contribution is 6.33. The zero-order chi connectivity index (χ0) is 25.0. The van der Waals surface area contributed by atoms with Gasteiger partial charge in [0.15, 0.2) is 11.2 Å². The maximum absolute atomic E-state index is 12.7. The topological polar surface area (TPSA) is 106 Å². The molecular weight excluding hydrogens is 480 g/mol. The maximum atomic E-state index is 12.7. The van der Waals surface area contributed by atoms with Crippen LogP contribution in [0.15, 0.2) is 42.9 Å². The lowest BCUT2D eigenvalue weighted by atomic mass is 10.1. The summed E-state index contributed by atoms with van der Waals surface area (Å²) in [6.07, 6.45) is 4.73. The van der Waals surface area contributed by atoms with E-state index in [0.717, 1.165) is 24.1 Å². The molecule has 1 saturated heterocycles. The molecule has 9 nitrogen and oxygen atoms in total. The smallest absolute Gasteiger partial charge is 0.254 e. The number of nitrogens with zero attached hydrogens (tertiary/aromatic N) is 6. The number of pyridine rings is 1. The van der Waals surface area contributed by atoms with Crippen LogP contribution in [0.1, 0.15) is 41.4 Å². The molecular formula is C26H25ClN6O3. The minimum absolute atomic E-state index is 0.162. The van der Waals surface area contributed by atoms with Crippen LogP contribution >= 0.6 is 11.6 Å². The molecule has 0 atom stereocenters. The number of benzene rings is 1. The Morgan fingerprint density at radius 3 is 2.69 bits per heavy atom. The predicted molar refractivity (Wildman–Crippen MR) is 134 cm³/mol. The number of β-amino-alcohol motifs (C(OH)–C–C–N with tert-alkyl or cyclic N) is 1. The number of aliphatic hydroxyl groups is 1. The summed E-state index contributed by atoms with van der Waals surface area (Å²) in [4.78, 5) is 32.6. The highest BCUT2D eigenvalue weighted by atomic mass is 35.5. The van der Waals surface area contributed by atoms with Crippen molar-refractivity contribution in [2.75, 3.05) is 13.1 Å². The van der Waals surface area contributed by atoms with Crippen molar-refractivity contribution >= 4 is 28.7 Å². The van der Waals surface area contributed by atoms with Gasteiger partial charge in [0.25, 0.3) is 5.91 Å². The SMILES string of the molecule is Cc1ccnc(Cn2c(-c3ccc(C(=O)N4CC(O)C4)cc3Cl)nc3c(OC4(C)CC4)ncnc32)c1. The van der Waals surface area contributed by atoms with Gasteiger partial charge in [-0.1, -0.05) is 11.6 Å². The zero-order valence-electron chi connectivity index (χ0n) is 20.0. The van der Waals surface area contributed by atoms with E-state index in [1.165, 1.54) is 6.33 Å². The summed E-state index contributed by atoms with van der Waals surface area (Å²) in [6, 6.07) is 9.14. The molecule has 0 unspecified atom stereocenters. The van der Waals surface area contributed by atoms with E-state index in [4.69, 9.17) is 21.3 Å². The molecule has 0 spiro atoms. The van der Waals surface area contributed by atoms with Gasteiger partial charge in [-0.05, 0) is 62.6 Å². The second kappa shape index (κ2) is 8.53. The number of carbonyl (C=O) groups excluding carboxylic acids is 1. The van der Waals surface area contributed by atoms with E-state index in [9.17, 15) is 9.90 Å². The molecule has 1 aliphatic heterocycles. The van der Waals surface area contributed by atoms with Crippen molar-refractivity contribution in [1.82, 2.24) is 29.4 Å². The second-order valence-corrected chi connectivity index (χ2v) is 10.2. The van der Waals surface area contributed by atoms with Crippen LogP contribution in [0, 0.1) is 6.92 Å². The van der Waals surface area contributed by atoms with Gasteiger partial charge in [-0.3, -0.25) is 9.78 Å². The van der Waals surface area contributed by atoms with Crippen molar-refractivity contribution < 1.29 is 14.6 Å². The van der Waals surface area contributed by atoms with Gasteiger partial charge < -0.3 is 19.3 Å². The molecule has 2 aliphatic rings. The van der Waals surface area contributed by atoms with Crippen molar-refractivity contribution in [2.45, 2.75) is 44.9 Å². The third kappa shape index (κ3) is 4.18. The van der Waals surface area contributed by atoms with Crippen LogP contribution in [0.2, 0.25) is 5.02 Å². The van der Waals surface area contributed by atoms with Crippen molar-refractivity contribution in [3.63, 3.8) is 0 Å². The predicted octanol–water partition coefficient (Wildman–Crippen LogP) is 3.65. The largest absolute Gasteiger partial charge is 0.470 e. The Morgan fingerprint density at radius 1 is 1.19 bits per heavy atom. The summed E-state index contributed by atoms with van der Waals surface area (Å²) in [5, 5.41) is 9.93. The van der Waals surface area contributed by atoms with Gasteiger partial charge in [0.2, 0.25) is 5.88 Å². The molecule has 1 saturated carbocycles. The lowest BCUT2D eigenvalue weighted by Crippen LogP contribution is -2.53. The quantitative estimate of drug-likeness (QED) is 0.427. The van der Waals surface area contributed by atoms with Crippen LogP contribution in [0.5, 0.6) is 5.88 Å². The van der Waals surface area contributed by atoms with Gasteiger partial charge in [0, 0.05) is 30.4 Å². The normalized spacial score (nSPS) is 16.7. The average molecular weight is 505 g/mol. The number of hydrogen-bond acceptors (Lipinski definition) is 7. The molecule has 2 fully saturated rings. The third-order valence-electron chi connectivity index (χ3n) is 6.69. The summed E-state index contributed by atoms with van der Waals surface area (Å²) < 4.78 is 8.14. The minimum atomic E-state index is -0.464. The number of rotatable bonds is 6. The van der Waals surface area contributed by atoms with Gasteiger partial charge in [-0.15, -0.1) is 0 Å². The van der Waals surface area contributed by atoms with Gasteiger partial charge in [0.1, 0.15) is 17.8 Å². The molecule has 1 N–H and O–H groups in total. The number of ether oxygens (including phenoxy) is 1. The van der Waals surface area contributed by atoms with E-state index >= 15 is 0 Å². The number of aromatic nitrogens is 5. The summed E-state index contributed by atoms with van der Waals surface area (Å²) in [7, 11) is 0. The van der Waals surface area contributed by atoms with E-state index in [2.05, 4.69) is 21.9 Å². The molecule has 6 rings (SSSR count). The lowest BCUT2D eigenvalue weighted by molar-refractivity contribution is 0.00590. The zero-order valence-corrected chi connectivity index (χ0v) is 20.7. The van der Waals surface area contributed by atoms with Crippen molar-refractivity contribution in [3.05, 3.63) is 64.7 Å². The molecule has 10 heteroatoms. The average Bonchev–Trinajstić information content (AvgIpc) is 3.45. The first kappa shape index (κ1) is 22.9. The first-order chi connectivity index (χ1) is 17.3. The fourth-order valence-electron chi connectivity index (χ4n) is 4.34. The third-order valence-corrected chi connectivity index (χ3v) is 7.01. The Morgan fingerprint density at radius 2 is 2.00 bits per heavy atom. The Labute approximate surface area is 212 Å². The van der Waals surface area contributed by atoms with Crippen LogP contribution < -0.4 is 4.74 Å². The number of carbonyl (C=O) groups is 1. The van der Waals surface area contributed by atoms with Crippen LogP contribution in [0.4, 0.5) is 0 Å². The first-order valence-electron chi connectivity index (χ1n) is 11.9. The number of aryl methyl sites for hydroxylation is 1. The van der Waals surface area contributed by atoms with Gasteiger partial charge >= 0.3 is 0 Å². The number of hydrogen-bond donors (Lipinski definition) is 1. The molecule has 4 heterocycles. The molecule has 0 radical (unpaired) electrons. The minimum Gasteiger partial charge on any atom is -0.470 e. The van der Waals surface area contributed by atoms with E-state index in [1.54, 1.807) is 29.3 Å². The molecule has 1 aliphatic carbocycles. The van der Waals surface area contributed by atoms with E-state index in [-0.39, 0.29) is 11.5 Å².